The molecule has 0 saturated carbocycles. The molecule has 7 nitrogen and oxygen atoms in total. The fourth-order valence-electron chi connectivity index (χ4n) is 5.35. The molecule has 35 heavy (non-hydrogen) atoms. The SMILES string of the molecule is COCCOCCN1CCN(c2cc3c(cc2Br)C(=O)c2c([nH]c4cc(N)ccc24)C3(C)C)CC1. The standard InChI is InChI=1S/C27H33BrN4O3/c1-27(2)20-16-23(32-8-6-31(7-9-32)10-11-35-13-12-34-3)21(28)15-19(20)25(33)24-18-5-4-17(29)14-22(18)30-26(24)27/h4-5,14-16,30H,6-13,29H2,1-3H3. The van der Waals surface area contributed by atoms with E-state index in [4.69, 9.17) is 15.2 Å². The molecule has 186 valence electrons. The van der Waals surface area contributed by atoms with Crippen LogP contribution in [0.3, 0.4) is 0 Å². The summed E-state index contributed by atoms with van der Waals surface area (Å²) < 4.78 is 11.6. The van der Waals surface area contributed by atoms with Crippen LogP contribution in [-0.4, -0.2) is 75.3 Å². The van der Waals surface area contributed by atoms with Crippen molar-refractivity contribution < 1.29 is 14.3 Å². The van der Waals surface area contributed by atoms with Crippen molar-refractivity contribution in [3.63, 3.8) is 0 Å². The van der Waals surface area contributed by atoms with Crippen molar-refractivity contribution in [3.8, 4) is 0 Å². The number of nitrogens with zero attached hydrogens (tertiary/aromatic N) is 2. The summed E-state index contributed by atoms with van der Waals surface area (Å²) in [6.07, 6.45) is 0. The molecule has 3 aromatic rings. The molecular weight excluding hydrogens is 508 g/mol. The van der Waals surface area contributed by atoms with Gasteiger partial charge in [0.25, 0.3) is 0 Å². The Balaban J connectivity index is 1.39. The highest BCUT2D eigenvalue weighted by Crippen LogP contribution is 2.46. The highest BCUT2D eigenvalue weighted by Gasteiger charge is 2.40. The smallest absolute Gasteiger partial charge is 0.195 e. The van der Waals surface area contributed by atoms with Gasteiger partial charge >= 0.3 is 0 Å². The number of halogens is 1. The van der Waals surface area contributed by atoms with Gasteiger partial charge < -0.3 is 25.1 Å². The van der Waals surface area contributed by atoms with Crippen molar-refractivity contribution >= 4 is 44.0 Å². The second kappa shape index (κ2) is 9.58. The molecule has 1 aliphatic carbocycles. The number of piperazine rings is 1. The van der Waals surface area contributed by atoms with Gasteiger partial charge in [0.1, 0.15) is 0 Å². The minimum absolute atomic E-state index is 0.0656. The maximum Gasteiger partial charge on any atom is 0.195 e. The number of benzene rings is 2. The molecule has 0 atom stereocenters. The zero-order valence-corrected chi connectivity index (χ0v) is 22.2. The molecule has 1 fully saturated rings. The molecule has 2 aliphatic rings. The molecule has 0 bridgehead atoms. The summed E-state index contributed by atoms with van der Waals surface area (Å²) in [5, 5.41) is 0.931. The average Bonchev–Trinajstić information content (AvgIpc) is 3.23. The third-order valence-corrected chi connectivity index (χ3v) is 8.01. The van der Waals surface area contributed by atoms with Gasteiger partial charge in [-0.25, -0.2) is 0 Å². The number of hydrogen-bond acceptors (Lipinski definition) is 6. The van der Waals surface area contributed by atoms with E-state index in [2.05, 4.69) is 50.6 Å². The van der Waals surface area contributed by atoms with E-state index in [1.165, 1.54) is 0 Å². The lowest BCUT2D eigenvalue weighted by Crippen LogP contribution is -2.47. The zero-order valence-electron chi connectivity index (χ0n) is 20.6. The highest BCUT2D eigenvalue weighted by atomic mass is 79.9. The average molecular weight is 541 g/mol. The van der Waals surface area contributed by atoms with E-state index >= 15 is 0 Å². The number of aromatic nitrogens is 1. The van der Waals surface area contributed by atoms with Crippen LogP contribution in [0.4, 0.5) is 11.4 Å². The highest BCUT2D eigenvalue weighted by molar-refractivity contribution is 9.10. The lowest BCUT2D eigenvalue weighted by molar-refractivity contribution is 0.0563. The number of rotatable bonds is 7. The molecule has 1 aromatic heterocycles. The number of carbonyl (C=O) groups is 1. The summed E-state index contributed by atoms with van der Waals surface area (Å²) >= 11 is 3.78. The minimum Gasteiger partial charge on any atom is -0.399 e. The third kappa shape index (κ3) is 4.37. The maximum absolute atomic E-state index is 13.7. The molecule has 2 heterocycles. The molecule has 5 rings (SSSR count). The molecule has 0 spiro atoms. The number of hydrogen-bond donors (Lipinski definition) is 2. The van der Waals surface area contributed by atoms with Gasteiger partial charge in [-0.3, -0.25) is 9.69 Å². The Kier molecular flexibility index (Phi) is 6.65. The van der Waals surface area contributed by atoms with Gasteiger partial charge in [-0.05, 0) is 45.8 Å². The number of nitrogens with two attached hydrogens (primary N) is 1. The van der Waals surface area contributed by atoms with Crippen molar-refractivity contribution in [2.75, 3.05) is 70.3 Å². The number of H-pyrrole nitrogens is 1. The summed E-state index contributed by atoms with van der Waals surface area (Å²) in [6.45, 7) is 11.1. The van der Waals surface area contributed by atoms with E-state index in [0.717, 1.165) is 82.8 Å². The molecule has 0 radical (unpaired) electrons. The van der Waals surface area contributed by atoms with Crippen LogP contribution in [0.2, 0.25) is 0 Å². The van der Waals surface area contributed by atoms with Crippen LogP contribution in [0.5, 0.6) is 0 Å². The predicted octanol–water partition coefficient (Wildman–Crippen LogP) is 4.17. The number of anilines is 2. The maximum atomic E-state index is 13.7. The fraction of sp³-hybridized carbons (Fsp3) is 0.444. The lowest BCUT2D eigenvalue weighted by Gasteiger charge is -2.38. The number of aromatic amines is 1. The van der Waals surface area contributed by atoms with Gasteiger partial charge in [0.05, 0.1) is 31.1 Å². The Morgan fingerprint density at radius 3 is 2.60 bits per heavy atom. The van der Waals surface area contributed by atoms with Gasteiger partial charge in [-0.15, -0.1) is 0 Å². The summed E-state index contributed by atoms with van der Waals surface area (Å²) in [7, 11) is 1.69. The normalized spacial score (nSPS) is 17.6. The molecule has 1 saturated heterocycles. The van der Waals surface area contributed by atoms with Crippen molar-refractivity contribution in [2.24, 2.45) is 0 Å². The lowest BCUT2D eigenvalue weighted by atomic mass is 9.71. The van der Waals surface area contributed by atoms with Crippen molar-refractivity contribution in [1.29, 1.82) is 0 Å². The molecule has 2 aromatic carbocycles. The number of ketones is 1. The van der Waals surface area contributed by atoms with Crippen LogP contribution >= 0.6 is 15.9 Å². The van der Waals surface area contributed by atoms with Gasteiger partial charge in [0, 0.05) is 77.6 Å². The number of methoxy groups -OCH3 is 1. The van der Waals surface area contributed by atoms with E-state index in [9.17, 15) is 4.79 Å². The van der Waals surface area contributed by atoms with Crippen LogP contribution in [0.1, 0.15) is 41.0 Å². The monoisotopic (exact) mass is 540 g/mol. The predicted molar refractivity (Wildman–Crippen MR) is 144 cm³/mol. The van der Waals surface area contributed by atoms with Gasteiger partial charge in [-0.1, -0.05) is 19.9 Å². The van der Waals surface area contributed by atoms with Crippen molar-refractivity contribution in [3.05, 3.63) is 57.2 Å². The summed E-state index contributed by atoms with van der Waals surface area (Å²) in [6, 6.07) is 9.94. The second-order valence-corrected chi connectivity index (χ2v) is 10.8. The first-order valence-corrected chi connectivity index (χ1v) is 12.9. The Morgan fingerprint density at radius 1 is 1.09 bits per heavy atom. The second-order valence-electron chi connectivity index (χ2n) is 9.92. The van der Waals surface area contributed by atoms with Gasteiger partial charge in [0.2, 0.25) is 0 Å². The number of nitrogen functional groups attached to an aromatic ring is 1. The topological polar surface area (TPSA) is 83.8 Å². The summed E-state index contributed by atoms with van der Waals surface area (Å²) in [5.41, 5.74) is 12.0. The molecule has 0 amide bonds. The summed E-state index contributed by atoms with van der Waals surface area (Å²) in [4.78, 5) is 22.1. The van der Waals surface area contributed by atoms with Crippen LogP contribution in [-0.2, 0) is 14.9 Å². The van der Waals surface area contributed by atoms with Crippen LogP contribution in [0.25, 0.3) is 10.9 Å². The quantitative estimate of drug-likeness (QED) is 0.345. The molecular formula is C27H33BrN4O3. The van der Waals surface area contributed by atoms with Gasteiger partial charge in [0.15, 0.2) is 5.78 Å². The minimum atomic E-state index is -0.344. The number of carbonyl (C=O) groups excluding carboxylic acids is 1. The van der Waals surface area contributed by atoms with E-state index in [0.29, 0.717) is 18.9 Å². The van der Waals surface area contributed by atoms with Crippen LogP contribution < -0.4 is 10.6 Å². The van der Waals surface area contributed by atoms with Crippen molar-refractivity contribution in [2.45, 2.75) is 19.3 Å². The first-order valence-electron chi connectivity index (χ1n) is 12.2. The van der Waals surface area contributed by atoms with E-state index < -0.39 is 0 Å². The van der Waals surface area contributed by atoms with Crippen molar-refractivity contribution in [1.82, 2.24) is 9.88 Å². The largest absolute Gasteiger partial charge is 0.399 e. The Hall–Kier alpha value is -2.39. The number of fused-ring (bicyclic) bond motifs is 4. The molecule has 0 unspecified atom stereocenters. The molecule has 8 heteroatoms. The zero-order chi connectivity index (χ0) is 24.7. The molecule has 1 aliphatic heterocycles. The third-order valence-electron chi connectivity index (χ3n) is 7.38. The number of nitrogens with one attached hydrogen (secondary N) is 1. The van der Waals surface area contributed by atoms with Gasteiger partial charge in [-0.2, -0.15) is 0 Å². The summed E-state index contributed by atoms with van der Waals surface area (Å²) in [5.74, 6) is 0.0656. The first kappa shape index (κ1) is 24.3. The first-order chi connectivity index (χ1) is 16.8. The van der Waals surface area contributed by atoms with E-state index in [1.807, 2.05) is 24.3 Å². The fourth-order valence-corrected chi connectivity index (χ4v) is 5.94. The Morgan fingerprint density at radius 2 is 1.86 bits per heavy atom. The van der Waals surface area contributed by atoms with E-state index in [-0.39, 0.29) is 11.2 Å². The van der Waals surface area contributed by atoms with Crippen LogP contribution in [0, 0.1) is 0 Å². The Bertz CT molecular complexity index is 1260. The van der Waals surface area contributed by atoms with Crippen LogP contribution in [0.15, 0.2) is 34.8 Å². The number of ether oxygens (including phenoxy) is 2. The van der Waals surface area contributed by atoms with E-state index in [1.54, 1.807) is 7.11 Å². The molecule has 3 N–H and O–H groups in total. The Labute approximate surface area is 214 Å².